The summed E-state index contributed by atoms with van der Waals surface area (Å²) in [7, 11) is 1.88. The topological polar surface area (TPSA) is 69.9 Å². The molecule has 6 nitrogen and oxygen atoms in total. The number of carbonyl (C=O) groups is 1. The highest BCUT2D eigenvalue weighted by Crippen LogP contribution is 2.44. The number of ketones is 1. The fourth-order valence-corrected chi connectivity index (χ4v) is 5.62. The largest absolute Gasteiger partial charge is 0.360 e. The Morgan fingerprint density at radius 3 is 2.44 bits per heavy atom. The first kappa shape index (κ1) is 24.6. The maximum atomic E-state index is 12.9. The lowest BCUT2D eigenvalue weighted by Crippen LogP contribution is -2.27. The number of hydrogen-bond donors (Lipinski definition) is 0. The minimum absolute atomic E-state index is 0.0453. The molecule has 5 rings (SSSR count). The first-order valence-electron chi connectivity index (χ1n) is 11.7. The van der Waals surface area contributed by atoms with Gasteiger partial charge in [0.25, 0.3) is 0 Å². The molecule has 1 atom stereocenters. The lowest BCUT2D eigenvalue weighted by atomic mass is 9.90. The van der Waals surface area contributed by atoms with Crippen molar-refractivity contribution in [3.63, 3.8) is 0 Å². The van der Waals surface area contributed by atoms with E-state index in [9.17, 15) is 4.79 Å². The maximum Gasteiger partial charge on any atom is 0.163 e. The molecule has 184 valence electrons. The third-order valence-corrected chi connectivity index (χ3v) is 7.22. The minimum atomic E-state index is -0.713. The third kappa shape index (κ3) is 4.66. The van der Waals surface area contributed by atoms with Crippen molar-refractivity contribution in [2.75, 3.05) is 0 Å². The smallest absolute Gasteiger partial charge is 0.163 e. The molecular formula is C28H27ClN4O2S. The summed E-state index contributed by atoms with van der Waals surface area (Å²) in [6.45, 7) is 9.48. The summed E-state index contributed by atoms with van der Waals surface area (Å²) in [5, 5.41) is 5.87. The summed E-state index contributed by atoms with van der Waals surface area (Å²) in [4.78, 5) is 22.7. The normalized spacial score (nSPS) is 13.0. The second kappa shape index (κ2) is 9.07. The molecule has 2 aromatic carbocycles. The molecule has 0 aliphatic heterocycles. The van der Waals surface area contributed by atoms with Gasteiger partial charge in [0.2, 0.25) is 0 Å². The number of aryl methyl sites for hydroxylation is 2. The number of fused-ring (bicyclic) bond motifs is 2. The fourth-order valence-electron chi connectivity index (χ4n) is 4.40. The molecular weight excluding hydrogens is 492 g/mol. The molecule has 0 N–H and O–H groups in total. The molecule has 0 radical (unpaired) electrons. The van der Waals surface area contributed by atoms with Crippen LogP contribution >= 0.6 is 22.9 Å². The number of ether oxygens (including phenoxy) is 1. The average Bonchev–Trinajstić information content (AvgIpc) is 3.38. The Hall–Kier alpha value is -3.13. The zero-order chi connectivity index (χ0) is 25.8. The van der Waals surface area contributed by atoms with Crippen LogP contribution in [0.4, 0.5) is 0 Å². The monoisotopic (exact) mass is 518 g/mol. The van der Waals surface area contributed by atoms with Crippen LogP contribution in [0, 0.1) is 6.92 Å². The Labute approximate surface area is 218 Å². The Morgan fingerprint density at radius 1 is 1.06 bits per heavy atom. The van der Waals surface area contributed by atoms with Gasteiger partial charge in [0.1, 0.15) is 22.1 Å². The van der Waals surface area contributed by atoms with Gasteiger partial charge in [-0.25, -0.2) is 9.97 Å². The number of halogens is 1. The van der Waals surface area contributed by atoms with E-state index in [1.807, 2.05) is 83.4 Å². The van der Waals surface area contributed by atoms with Gasteiger partial charge in [-0.1, -0.05) is 23.7 Å². The van der Waals surface area contributed by atoms with Crippen molar-refractivity contribution in [1.29, 1.82) is 0 Å². The molecule has 3 aromatic heterocycles. The van der Waals surface area contributed by atoms with E-state index < -0.39 is 11.7 Å². The van der Waals surface area contributed by atoms with Gasteiger partial charge in [0, 0.05) is 23.2 Å². The molecule has 8 heteroatoms. The molecule has 0 saturated carbocycles. The molecule has 5 aromatic rings. The van der Waals surface area contributed by atoms with Crippen LogP contribution in [0.25, 0.3) is 43.1 Å². The standard InChI is InChI=1S/C28H27ClN4O2S/c1-15-13-21-26(36-27(31-21)20-12-11-19-22(30-20)14-33(6)32-19)24(17-7-9-18(29)10-8-17)23(15)25(16(2)34)35-28(3,4)5/h7-14,25H,1-6H3/t25-/m1/s1. The lowest BCUT2D eigenvalue weighted by molar-refractivity contribution is -0.138. The third-order valence-electron chi connectivity index (χ3n) is 5.86. The van der Waals surface area contributed by atoms with Gasteiger partial charge in [-0.15, -0.1) is 11.3 Å². The summed E-state index contributed by atoms with van der Waals surface area (Å²) in [6.07, 6.45) is 1.19. The molecule has 0 unspecified atom stereocenters. The van der Waals surface area contributed by atoms with E-state index in [4.69, 9.17) is 26.3 Å². The van der Waals surface area contributed by atoms with Gasteiger partial charge in [-0.3, -0.25) is 9.48 Å². The number of rotatable bonds is 5. The average molecular weight is 519 g/mol. The zero-order valence-corrected chi connectivity index (χ0v) is 22.7. The maximum absolute atomic E-state index is 12.9. The van der Waals surface area contributed by atoms with E-state index in [1.54, 1.807) is 22.9 Å². The Morgan fingerprint density at radius 2 is 1.78 bits per heavy atom. The number of nitrogens with zero attached hydrogens (tertiary/aromatic N) is 4. The predicted octanol–water partition coefficient (Wildman–Crippen LogP) is 7.32. The Balaban J connectivity index is 1.78. The molecule has 0 bridgehead atoms. The van der Waals surface area contributed by atoms with Crippen molar-refractivity contribution >= 4 is 50.0 Å². The van der Waals surface area contributed by atoms with Gasteiger partial charge < -0.3 is 4.74 Å². The molecule has 0 spiro atoms. The first-order valence-corrected chi connectivity index (χ1v) is 12.9. The Bertz CT molecular complexity index is 1610. The van der Waals surface area contributed by atoms with Crippen LogP contribution < -0.4 is 0 Å². The molecule has 0 saturated heterocycles. The SMILES string of the molecule is CC(=O)[C@@H](OC(C)(C)C)c1c(C)cc2nc(-c3ccc4nn(C)cc4n3)sc2c1-c1ccc(Cl)cc1. The lowest BCUT2D eigenvalue weighted by Gasteiger charge is -2.29. The number of thiazole rings is 1. The highest BCUT2D eigenvalue weighted by molar-refractivity contribution is 7.22. The Kier molecular flexibility index (Phi) is 6.19. The number of pyridine rings is 1. The van der Waals surface area contributed by atoms with Crippen LogP contribution in [-0.2, 0) is 16.6 Å². The molecule has 36 heavy (non-hydrogen) atoms. The van der Waals surface area contributed by atoms with E-state index in [0.29, 0.717) is 5.02 Å². The summed E-state index contributed by atoms with van der Waals surface area (Å²) in [6, 6.07) is 13.6. The zero-order valence-electron chi connectivity index (χ0n) is 21.1. The van der Waals surface area contributed by atoms with E-state index >= 15 is 0 Å². The molecule has 3 heterocycles. The second-order valence-corrected chi connectivity index (χ2v) is 11.4. The van der Waals surface area contributed by atoms with E-state index in [0.717, 1.165) is 54.2 Å². The summed E-state index contributed by atoms with van der Waals surface area (Å²) >= 11 is 7.78. The van der Waals surface area contributed by atoms with Crippen LogP contribution in [0.15, 0.2) is 48.7 Å². The van der Waals surface area contributed by atoms with E-state index in [-0.39, 0.29) is 5.78 Å². The van der Waals surface area contributed by atoms with E-state index in [2.05, 4.69) is 5.10 Å². The number of hydrogen-bond acceptors (Lipinski definition) is 6. The number of aromatic nitrogens is 4. The van der Waals surface area contributed by atoms with Gasteiger partial charge in [-0.05, 0) is 76.1 Å². The van der Waals surface area contributed by atoms with Gasteiger partial charge in [0.15, 0.2) is 5.78 Å². The van der Waals surface area contributed by atoms with Gasteiger partial charge in [0.05, 0.1) is 27.7 Å². The van der Waals surface area contributed by atoms with Gasteiger partial charge in [-0.2, -0.15) is 5.10 Å². The fraction of sp³-hybridized carbons (Fsp3) is 0.286. The van der Waals surface area contributed by atoms with Crippen molar-refractivity contribution in [2.24, 2.45) is 7.05 Å². The van der Waals surface area contributed by atoms with Crippen molar-refractivity contribution in [2.45, 2.75) is 46.3 Å². The van der Waals surface area contributed by atoms with E-state index in [1.165, 1.54) is 0 Å². The number of benzene rings is 2. The van der Waals surface area contributed by atoms with Crippen LogP contribution in [0.1, 0.15) is 44.9 Å². The van der Waals surface area contributed by atoms with Crippen molar-refractivity contribution in [3.05, 3.63) is 64.8 Å². The highest BCUT2D eigenvalue weighted by Gasteiger charge is 2.30. The van der Waals surface area contributed by atoms with Crippen LogP contribution in [0.2, 0.25) is 5.02 Å². The molecule has 0 aliphatic rings. The summed E-state index contributed by atoms with van der Waals surface area (Å²) in [5.41, 5.74) is 6.50. The van der Waals surface area contributed by atoms with Crippen LogP contribution in [0.3, 0.4) is 0 Å². The van der Waals surface area contributed by atoms with Gasteiger partial charge >= 0.3 is 0 Å². The number of carbonyl (C=O) groups excluding carboxylic acids is 1. The number of Topliss-reactive ketones (excluding diaryl/α,β-unsaturated/α-hetero) is 1. The summed E-state index contributed by atoms with van der Waals surface area (Å²) in [5.74, 6) is -0.0453. The van der Waals surface area contributed by atoms with Crippen molar-refractivity contribution in [1.82, 2.24) is 19.7 Å². The van der Waals surface area contributed by atoms with Crippen molar-refractivity contribution < 1.29 is 9.53 Å². The van der Waals surface area contributed by atoms with Crippen molar-refractivity contribution in [3.8, 4) is 21.8 Å². The van der Waals surface area contributed by atoms with Crippen LogP contribution in [-0.4, -0.2) is 31.1 Å². The second-order valence-electron chi connectivity index (χ2n) is 9.98. The quantitative estimate of drug-likeness (QED) is 0.244. The molecule has 0 amide bonds. The summed E-state index contributed by atoms with van der Waals surface area (Å²) < 4.78 is 9.06. The predicted molar refractivity (Wildman–Crippen MR) is 147 cm³/mol. The minimum Gasteiger partial charge on any atom is -0.360 e. The molecule has 0 aliphatic carbocycles. The first-order chi connectivity index (χ1) is 17.0. The molecule has 0 fully saturated rings. The van der Waals surface area contributed by atoms with Crippen LogP contribution in [0.5, 0.6) is 0 Å². The highest BCUT2D eigenvalue weighted by atomic mass is 35.5.